The molecule has 0 N–H and O–H groups in total. The van der Waals surface area contributed by atoms with E-state index in [2.05, 4.69) is 11.6 Å². The number of hydrogen-bond donors (Lipinski definition) is 0. The van der Waals surface area contributed by atoms with Gasteiger partial charge >= 0.3 is 0 Å². The van der Waals surface area contributed by atoms with Crippen LogP contribution in [-0.2, 0) is 6.42 Å². The number of benzene rings is 3. The van der Waals surface area contributed by atoms with E-state index in [1.165, 1.54) is 11.3 Å². The Balaban J connectivity index is 1.33. The molecule has 5 rings (SSSR count). The van der Waals surface area contributed by atoms with Crippen molar-refractivity contribution in [2.45, 2.75) is 13.3 Å². The van der Waals surface area contributed by atoms with Crippen molar-refractivity contribution >= 4 is 33.4 Å². The van der Waals surface area contributed by atoms with Gasteiger partial charge < -0.3 is 14.2 Å². The quantitative estimate of drug-likeness (QED) is 0.199. The fourth-order valence-corrected chi connectivity index (χ4v) is 5.02. The average molecular weight is 499 g/mol. The lowest BCUT2D eigenvalue weighted by atomic mass is 10.1. The van der Waals surface area contributed by atoms with E-state index in [9.17, 15) is 4.79 Å². The Bertz CT molecular complexity index is 1640. The van der Waals surface area contributed by atoms with Crippen LogP contribution in [0.2, 0.25) is 0 Å². The first-order chi connectivity index (χ1) is 17.7. The maximum Gasteiger partial charge on any atom is 0.274 e. The summed E-state index contributed by atoms with van der Waals surface area (Å²) in [5, 5.41) is 0. The smallest absolute Gasteiger partial charge is 0.274 e. The predicted molar refractivity (Wildman–Crippen MR) is 145 cm³/mol. The highest BCUT2D eigenvalue weighted by Gasteiger charge is 2.12. The van der Waals surface area contributed by atoms with Gasteiger partial charge in [0.05, 0.1) is 22.2 Å². The number of thiazole rings is 1. The van der Waals surface area contributed by atoms with Crippen molar-refractivity contribution in [1.29, 1.82) is 0 Å². The largest absolute Gasteiger partial charge is 0.490 e. The van der Waals surface area contributed by atoms with E-state index in [1.807, 2.05) is 85.8 Å². The van der Waals surface area contributed by atoms with Gasteiger partial charge in [-0.3, -0.25) is 4.79 Å². The molecule has 0 unspecified atom stereocenters. The molecule has 6 nitrogen and oxygen atoms in total. The third kappa shape index (κ3) is 4.83. The Morgan fingerprint density at radius 3 is 2.56 bits per heavy atom. The van der Waals surface area contributed by atoms with Gasteiger partial charge in [-0.05, 0) is 60.9 Å². The lowest BCUT2D eigenvalue weighted by Crippen LogP contribution is -2.22. The molecule has 2 heterocycles. The average Bonchev–Trinajstić information content (AvgIpc) is 3.40. The molecule has 0 aliphatic carbocycles. The Hall–Kier alpha value is -4.10. The summed E-state index contributed by atoms with van der Waals surface area (Å²) < 4.78 is 20.0. The molecule has 0 saturated carbocycles. The molecule has 3 aromatic carbocycles. The van der Waals surface area contributed by atoms with Crippen LogP contribution in [0.5, 0.6) is 17.2 Å². The maximum absolute atomic E-state index is 13.1. The highest BCUT2D eigenvalue weighted by atomic mass is 32.1. The molecule has 0 spiro atoms. The number of para-hydroxylation sites is 3. The van der Waals surface area contributed by atoms with E-state index in [-0.39, 0.29) is 5.56 Å². The standard InChI is InChI=1S/C29H26N2O4S/c1-3-9-21-10-5-8-13-24(21)34-16-17-35-25-15-14-20(18-26(25)33-4-2)19-27-28(32)31-23-12-7-6-11-22(23)30-29(31)36-27/h3,5-8,10-15,18-19H,1,4,9,16-17H2,2H3/b27-19-. The van der Waals surface area contributed by atoms with Gasteiger partial charge in [-0.2, -0.15) is 0 Å². The SMILES string of the molecule is C=CCc1ccccc1OCCOc1ccc(/C=c2\sc3nc4ccccc4n3c2=O)cc1OCC. The molecule has 36 heavy (non-hydrogen) atoms. The second-order valence-electron chi connectivity index (χ2n) is 8.07. The Kier molecular flexibility index (Phi) is 7.00. The topological polar surface area (TPSA) is 62.1 Å². The summed E-state index contributed by atoms with van der Waals surface area (Å²) in [5.41, 5.74) is 3.51. The van der Waals surface area contributed by atoms with E-state index < -0.39 is 0 Å². The zero-order valence-corrected chi connectivity index (χ0v) is 20.8. The molecule has 2 aromatic heterocycles. The molecule has 0 radical (unpaired) electrons. The first-order valence-corrected chi connectivity index (χ1v) is 12.6. The molecule has 182 valence electrons. The minimum absolute atomic E-state index is 0.0733. The number of nitrogens with zero attached hydrogens (tertiary/aromatic N) is 2. The molecule has 0 amide bonds. The van der Waals surface area contributed by atoms with E-state index in [4.69, 9.17) is 14.2 Å². The number of ether oxygens (including phenoxy) is 3. The van der Waals surface area contributed by atoms with E-state index in [1.54, 1.807) is 4.40 Å². The molecule has 7 heteroatoms. The molecule has 0 fully saturated rings. The molecule has 0 atom stereocenters. The summed E-state index contributed by atoms with van der Waals surface area (Å²) in [6, 6.07) is 21.2. The van der Waals surface area contributed by atoms with Crippen molar-refractivity contribution in [2.24, 2.45) is 0 Å². The Labute approximate surface area is 212 Å². The fourth-order valence-electron chi connectivity index (χ4n) is 4.04. The number of allylic oxidation sites excluding steroid dienone is 1. The highest BCUT2D eigenvalue weighted by Crippen LogP contribution is 2.29. The van der Waals surface area contributed by atoms with Crippen molar-refractivity contribution in [3.05, 3.63) is 105 Å². The highest BCUT2D eigenvalue weighted by molar-refractivity contribution is 7.15. The van der Waals surface area contributed by atoms with Gasteiger partial charge in [0.1, 0.15) is 19.0 Å². The third-order valence-corrected chi connectivity index (χ3v) is 6.61. The normalized spacial score (nSPS) is 11.8. The van der Waals surface area contributed by atoms with E-state index in [0.717, 1.165) is 34.3 Å². The fraction of sp³-hybridized carbons (Fsp3) is 0.172. The minimum Gasteiger partial charge on any atom is -0.490 e. The minimum atomic E-state index is -0.0733. The second-order valence-corrected chi connectivity index (χ2v) is 9.08. The van der Waals surface area contributed by atoms with Crippen LogP contribution in [-0.4, -0.2) is 29.2 Å². The van der Waals surface area contributed by atoms with E-state index in [0.29, 0.717) is 40.8 Å². The summed E-state index contributed by atoms with van der Waals surface area (Å²) in [6.45, 7) is 6.99. The van der Waals surface area contributed by atoms with Gasteiger partial charge in [-0.15, -0.1) is 6.58 Å². The van der Waals surface area contributed by atoms with Gasteiger partial charge in [-0.25, -0.2) is 9.38 Å². The van der Waals surface area contributed by atoms with Gasteiger partial charge in [0, 0.05) is 0 Å². The van der Waals surface area contributed by atoms with Crippen LogP contribution in [0.15, 0.2) is 84.2 Å². The molecular weight excluding hydrogens is 472 g/mol. The van der Waals surface area contributed by atoms with Crippen molar-refractivity contribution in [1.82, 2.24) is 9.38 Å². The summed E-state index contributed by atoms with van der Waals surface area (Å²) >= 11 is 1.38. The van der Waals surface area contributed by atoms with Gasteiger partial charge in [0.25, 0.3) is 5.56 Å². The van der Waals surface area contributed by atoms with Crippen LogP contribution in [0, 0.1) is 0 Å². The number of fused-ring (bicyclic) bond motifs is 3. The lowest BCUT2D eigenvalue weighted by Gasteiger charge is -2.14. The Morgan fingerprint density at radius 1 is 0.944 bits per heavy atom. The lowest BCUT2D eigenvalue weighted by molar-refractivity contribution is 0.207. The van der Waals surface area contributed by atoms with Crippen molar-refractivity contribution in [2.75, 3.05) is 19.8 Å². The maximum atomic E-state index is 13.1. The van der Waals surface area contributed by atoms with Crippen LogP contribution in [0.4, 0.5) is 0 Å². The summed E-state index contributed by atoms with van der Waals surface area (Å²) in [4.78, 5) is 18.3. The molecular formula is C29H26N2O4S. The summed E-state index contributed by atoms with van der Waals surface area (Å²) in [7, 11) is 0. The third-order valence-electron chi connectivity index (χ3n) is 5.65. The van der Waals surface area contributed by atoms with Crippen LogP contribution in [0.1, 0.15) is 18.1 Å². The summed E-state index contributed by atoms with van der Waals surface area (Å²) in [6.07, 6.45) is 4.47. The number of aromatic nitrogens is 2. The van der Waals surface area contributed by atoms with Crippen LogP contribution in [0.3, 0.4) is 0 Å². The predicted octanol–water partition coefficient (Wildman–Crippen LogP) is 5.04. The van der Waals surface area contributed by atoms with Crippen LogP contribution < -0.4 is 24.3 Å². The van der Waals surface area contributed by atoms with Crippen molar-refractivity contribution < 1.29 is 14.2 Å². The molecule has 0 aliphatic heterocycles. The number of imidazole rings is 1. The van der Waals surface area contributed by atoms with Crippen molar-refractivity contribution in [3.63, 3.8) is 0 Å². The second kappa shape index (κ2) is 10.7. The zero-order chi connectivity index (χ0) is 24.9. The summed E-state index contributed by atoms with van der Waals surface area (Å²) in [5.74, 6) is 2.09. The van der Waals surface area contributed by atoms with Gasteiger partial charge in [-0.1, -0.05) is 53.8 Å². The van der Waals surface area contributed by atoms with Crippen molar-refractivity contribution in [3.8, 4) is 17.2 Å². The first kappa shape index (κ1) is 23.6. The monoisotopic (exact) mass is 498 g/mol. The number of hydrogen-bond acceptors (Lipinski definition) is 6. The molecule has 0 saturated heterocycles. The molecule has 5 aromatic rings. The first-order valence-electron chi connectivity index (χ1n) is 11.8. The van der Waals surface area contributed by atoms with Gasteiger partial charge in [0.2, 0.25) is 0 Å². The van der Waals surface area contributed by atoms with E-state index >= 15 is 0 Å². The van der Waals surface area contributed by atoms with Gasteiger partial charge in [0.15, 0.2) is 16.5 Å². The molecule has 0 aliphatic rings. The molecule has 0 bridgehead atoms. The zero-order valence-electron chi connectivity index (χ0n) is 20.0. The Morgan fingerprint density at radius 2 is 1.72 bits per heavy atom. The van der Waals surface area contributed by atoms with Crippen LogP contribution in [0.25, 0.3) is 22.1 Å². The van der Waals surface area contributed by atoms with Crippen LogP contribution >= 0.6 is 11.3 Å². The number of rotatable bonds is 10.